The van der Waals surface area contributed by atoms with Crippen LogP contribution in [-0.2, 0) is 0 Å². The molecular weight excluding hydrogens is 244 g/mol. The van der Waals surface area contributed by atoms with Gasteiger partial charge in [0.15, 0.2) is 0 Å². The van der Waals surface area contributed by atoms with E-state index in [-0.39, 0.29) is 5.88 Å². The van der Waals surface area contributed by atoms with E-state index in [1.54, 1.807) is 20.3 Å². The van der Waals surface area contributed by atoms with Crippen LogP contribution in [0.2, 0.25) is 0 Å². The number of nitrogens with zero attached hydrogens (tertiary/aromatic N) is 1. The maximum Gasteiger partial charge on any atom is 0.208 e. The zero-order chi connectivity index (χ0) is 14.0. The molecule has 0 aliphatic heterocycles. The summed E-state index contributed by atoms with van der Waals surface area (Å²) in [5.74, 6) is 1.44. The van der Waals surface area contributed by atoms with Crippen molar-refractivity contribution in [3.63, 3.8) is 0 Å². The van der Waals surface area contributed by atoms with Crippen molar-refractivity contribution in [1.82, 2.24) is 0 Å². The second-order valence-corrected chi connectivity index (χ2v) is 4.02. The Hall–Kier alpha value is -2.61. The first kappa shape index (κ1) is 12.8. The van der Waals surface area contributed by atoms with Crippen molar-refractivity contribution in [2.45, 2.75) is 6.92 Å². The number of hydrogen-bond donors (Lipinski definition) is 1. The topological polar surface area (TPSA) is 81.4 Å². The molecule has 1 aromatic heterocycles. The largest absolute Gasteiger partial charge is 0.496 e. The summed E-state index contributed by atoms with van der Waals surface area (Å²) < 4.78 is 15.7. The van der Waals surface area contributed by atoms with Gasteiger partial charge in [0.1, 0.15) is 29.4 Å². The second-order valence-electron chi connectivity index (χ2n) is 4.02. The molecule has 0 bridgehead atoms. The molecule has 1 heterocycles. The van der Waals surface area contributed by atoms with E-state index in [2.05, 4.69) is 0 Å². The lowest BCUT2D eigenvalue weighted by molar-refractivity contribution is 0.402. The van der Waals surface area contributed by atoms with Gasteiger partial charge < -0.3 is 19.6 Å². The molecule has 0 saturated heterocycles. The minimum absolute atomic E-state index is 0.0964. The van der Waals surface area contributed by atoms with Crippen LogP contribution in [0.1, 0.15) is 11.1 Å². The molecule has 2 N–H and O–H groups in total. The van der Waals surface area contributed by atoms with E-state index in [0.29, 0.717) is 28.2 Å². The Balaban J connectivity index is 2.70. The third kappa shape index (κ3) is 2.08. The lowest BCUT2D eigenvalue weighted by Crippen LogP contribution is -1.94. The van der Waals surface area contributed by atoms with E-state index in [1.807, 2.05) is 19.1 Å². The zero-order valence-corrected chi connectivity index (χ0v) is 11.0. The van der Waals surface area contributed by atoms with E-state index >= 15 is 0 Å². The molecule has 19 heavy (non-hydrogen) atoms. The van der Waals surface area contributed by atoms with Crippen LogP contribution in [-0.4, -0.2) is 14.2 Å². The lowest BCUT2D eigenvalue weighted by Gasteiger charge is -2.12. The molecule has 5 nitrogen and oxygen atoms in total. The molecule has 1 aromatic carbocycles. The van der Waals surface area contributed by atoms with Crippen molar-refractivity contribution in [3.05, 3.63) is 29.5 Å². The van der Waals surface area contributed by atoms with Crippen LogP contribution in [0.5, 0.6) is 11.5 Å². The number of hydrogen-bond acceptors (Lipinski definition) is 5. The number of furan rings is 1. The Labute approximate surface area is 111 Å². The van der Waals surface area contributed by atoms with E-state index in [0.717, 1.165) is 5.56 Å². The third-order valence-corrected chi connectivity index (χ3v) is 2.94. The monoisotopic (exact) mass is 258 g/mol. The van der Waals surface area contributed by atoms with Crippen LogP contribution in [0.15, 0.2) is 22.8 Å². The number of benzene rings is 1. The predicted molar refractivity (Wildman–Crippen MR) is 71.1 cm³/mol. The van der Waals surface area contributed by atoms with Gasteiger partial charge in [0, 0.05) is 11.1 Å². The second kappa shape index (κ2) is 4.94. The molecule has 2 rings (SSSR count). The summed E-state index contributed by atoms with van der Waals surface area (Å²) in [7, 11) is 3.16. The summed E-state index contributed by atoms with van der Waals surface area (Å²) in [5, 5.41) is 9.13. The molecular formula is C14H14N2O3. The van der Waals surface area contributed by atoms with Gasteiger partial charge in [-0.2, -0.15) is 5.26 Å². The van der Waals surface area contributed by atoms with Crippen LogP contribution in [0.3, 0.4) is 0 Å². The molecule has 0 radical (unpaired) electrons. The van der Waals surface area contributed by atoms with E-state index in [9.17, 15) is 0 Å². The molecule has 98 valence electrons. The Morgan fingerprint density at radius 3 is 2.42 bits per heavy atom. The molecule has 0 saturated carbocycles. The number of rotatable bonds is 3. The van der Waals surface area contributed by atoms with Crippen LogP contribution >= 0.6 is 0 Å². The smallest absolute Gasteiger partial charge is 0.208 e. The maximum absolute atomic E-state index is 9.13. The molecule has 0 fully saturated rings. The summed E-state index contributed by atoms with van der Waals surface area (Å²) in [6.07, 6.45) is 1.44. The molecule has 2 aromatic rings. The molecule has 0 amide bonds. The van der Waals surface area contributed by atoms with Crippen molar-refractivity contribution in [2.75, 3.05) is 20.0 Å². The first-order valence-corrected chi connectivity index (χ1v) is 5.62. The molecule has 0 unspecified atom stereocenters. The van der Waals surface area contributed by atoms with Gasteiger partial charge in [-0.3, -0.25) is 0 Å². The average Bonchev–Trinajstić information content (AvgIpc) is 2.79. The van der Waals surface area contributed by atoms with Crippen molar-refractivity contribution in [3.8, 4) is 28.7 Å². The third-order valence-electron chi connectivity index (χ3n) is 2.94. The minimum atomic E-state index is 0.0964. The lowest BCUT2D eigenvalue weighted by atomic mass is 10.0. The van der Waals surface area contributed by atoms with E-state index < -0.39 is 0 Å². The predicted octanol–water partition coefficient (Wildman–Crippen LogP) is 2.73. The Bertz CT molecular complexity index is 653. The molecule has 0 spiro atoms. The fourth-order valence-corrected chi connectivity index (χ4v) is 1.95. The first-order chi connectivity index (χ1) is 9.12. The average molecular weight is 258 g/mol. The number of anilines is 1. The number of methoxy groups -OCH3 is 2. The standard InChI is InChI=1S/C14H14N2O3/c1-8-4-13(18-3)9(5-12(8)17-2)11-7-19-14(16)10(11)6-15/h4-5,7H,16H2,1-3H3. The molecule has 0 aliphatic carbocycles. The zero-order valence-electron chi connectivity index (χ0n) is 11.0. The Morgan fingerprint density at radius 2 is 1.84 bits per heavy atom. The highest BCUT2D eigenvalue weighted by Gasteiger charge is 2.18. The Morgan fingerprint density at radius 1 is 1.16 bits per heavy atom. The van der Waals surface area contributed by atoms with Gasteiger partial charge in [-0.25, -0.2) is 0 Å². The van der Waals surface area contributed by atoms with Crippen LogP contribution in [0, 0.1) is 18.3 Å². The molecule has 5 heteroatoms. The number of nitrogen functional groups attached to an aromatic ring is 1. The molecule has 0 atom stereocenters. The number of nitriles is 1. The quantitative estimate of drug-likeness (QED) is 0.915. The van der Waals surface area contributed by atoms with Gasteiger partial charge in [0.25, 0.3) is 0 Å². The highest BCUT2D eigenvalue weighted by Crippen LogP contribution is 2.39. The van der Waals surface area contributed by atoms with Crippen molar-refractivity contribution >= 4 is 5.88 Å². The highest BCUT2D eigenvalue weighted by molar-refractivity contribution is 5.80. The fraction of sp³-hybridized carbons (Fsp3) is 0.214. The summed E-state index contributed by atoms with van der Waals surface area (Å²) in [4.78, 5) is 0. The fourth-order valence-electron chi connectivity index (χ4n) is 1.95. The van der Waals surface area contributed by atoms with Crippen LogP contribution in [0.4, 0.5) is 5.88 Å². The van der Waals surface area contributed by atoms with E-state index in [1.165, 1.54) is 6.26 Å². The molecule has 0 aliphatic rings. The summed E-state index contributed by atoms with van der Waals surface area (Å²) in [6.45, 7) is 1.92. The van der Waals surface area contributed by atoms with Gasteiger partial charge in [-0.05, 0) is 24.6 Å². The maximum atomic E-state index is 9.13. The van der Waals surface area contributed by atoms with Gasteiger partial charge in [0.2, 0.25) is 5.88 Å². The number of aryl methyl sites for hydroxylation is 1. The van der Waals surface area contributed by atoms with E-state index in [4.69, 9.17) is 24.9 Å². The number of ether oxygens (including phenoxy) is 2. The minimum Gasteiger partial charge on any atom is -0.496 e. The summed E-state index contributed by atoms with van der Waals surface area (Å²) in [6, 6.07) is 5.68. The van der Waals surface area contributed by atoms with Crippen LogP contribution < -0.4 is 15.2 Å². The van der Waals surface area contributed by atoms with Crippen molar-refractivity contribution in [1.29, 1.82) is 5.26 Å². The number of nitrogens with two attached hydrogens (primary N) is 1. The van der Waals surface area contributed by atoms with Crippen molar-refractivity contribution < 1.29 is 13.9 Å². The van der Waals surface area contributed by atoms with Crippen LogP contribution in [0.25, 0.3) is 11.1 Å². The Kier molecular flexibility index (Phi) is 3.34. The summed E-state index contributed by atoms with van der Waals surface area (Å²) >= 11 is 0. The highest BCUT2D eigenvalue weighted by atomic mass is 16.5. The SMILES string of the molecule is COc1cc(-c2coc(N)c2C#N)c(OC)cc1C. The van der Waals surface area contributed by atoms with Gasteiger partial charge in [-0.1, -0.05) is 0 Å². The van der Waals surface area contributed by atoms with Gasteiger partial charge in [-0.15, -0.1) is 0 Å². The van der Waals surface area contributed by atoms with Crippen molar-refractivity contribution in [2.24, 2.45) is 0 Å². The summed E-state index contributed by atoms with van der Waals surface area (Å²) in [5.41, 5.74) is 8.16. The van der Waals surface area contributed by atoms with Gasteiger partial charge in [0.05, 0.1) is 14.2 Å². The first-order valence-electron chi connectivity index (χ1n) is 5.62. The van der Waals surface area contributed by atoms with Gasteiger partial charge >= 0.3 is 0 Å². The normalized spacial score (nSPS) is 10.0.